The molecule has 3 fully saturated rings. The average Bonchev–Trinajstić information content (AvgIpc) is 3.58. The minimum atomic E-state index is 0.377. The number of thiophene rings is 1. The SMILES string of the molecule is Cc1oc(-c2cccs2)nc1CN(CC1CCN(C2CCCC2)CC1)CC1CCCO1. The van der Waals surface area contributed by atoms with Crippen molar-refractivity contribution in [1.29, 1.82) is 0 Å². The Balaban J connectivity index is 1.22. The second-order valence-electron chi connectivity index (χ2n) is 9.75. The number of aromatic nitrogens is 1. The van der Waals surface area contributed by atoms with Gasteiger partial charge in [-0.25, -0.2) is 4.98 Å². The minimum Gasteiger partial charge on any atom is -0.440 e. The van der Waals surface area contributed by atoms with Gasteiger partial charge in [0.15, 0.2) is 0 Å². The van der Waals surface area contributed by atoms with E-state index in [4.69, 9.17) is 14.1 Å². The third-order valence-corrected chi connectivity index (χ3v) is 8.35. The zero-order chi connectivity index (χ0) is 21.0. The molecule has 5 nitrogen and oxygen atoms in total. The first-order chi connectivity index (χ1) is 15.2. The fraction of sp³-hybridized carbons (Fsp3) is 0.720. The topological polar surface area (TPSA) is 41.7 Å². The average molecular weight is 444 g/mol. The summed E-state index contributed by atoms with van der Waals surface area (Å²) in [6.45, 7) is 8.59. The molecule has 1 atom stereocenters. The number of hydrogen-bond donors (Lipinski definition) is 0. The standard InChI is InChI=1S/C25H37N3O2S/c1-19-23(26-25(30-19)24-9-5-15-31-24)18-27(17-22-8-4-14-29-22)16-20-10-12-28(13-11-20)21-6-2-3-7-21/h5,9,15,20-22H,2-4,6-8,10-14,16-18H2,1H3. The Kier molecular flexibility index (Phi) is 7.08. The summed E-state index contributed by atoms with van der Waals surface area (Å²) in [6, 6.07) is 5.01. The summed E-state index contributed by atoms with van der Waals surface area (Å²) in [6.07, 6.45) is 11.1. The van der Waals surface area contributed by atoms with E-state index in [2.05, 4.69) is 34.2 Å². The monoisotopic (exact) mass is 443 g/mol. The van der Waals surface area contributed by atoms with Crippen molar-refractivity contribution in [3.8, 4) is 10.8 Å². The van der Waals surface area contributed by atoms with Gasteiger partial charge in [0.1, 0.15) is 5.76 Å². The summed E-state index contributed by atoms with van der Waals surface area (Å²) in [5, 5.41) is 2.08. The molecule has 2 saturated heterocycles. The van der Waals surface area contributed by atoms with Crippen LogP contribution in [0.3, 0.4) is 0 Å². The molecule has 0 bridgehead atoms. The minimum absolute atomic E-state index is 0.377. The molecule has 1 aliphatic carbocycles. The van der Waals surface area contributed by atoms with Crippen LogP contribution in [0.25, 0.3) is 10.8 Å². The van der Waals surface area contributed by atoms with Gasteiger partial charge in [-0.15, -0.1) is 11.3 Å². The Bertz CT molecular complexity index is 801. The molecule has 0 N–H and O–H groups in total. The van der Waals surface area contributed by atoms with Crippen LogP contribution in [0.1, 0.15) is 62.8 Å². The van der Waals surface area contributed by atoms with Crippen LogP contribution in [0, 0.1) is 12.8 Å². The Morgan fingerprint density at radius 2 is 1.94 bits per heavy atom. The van der Waals surface area contributed by atoms with Gasteiger partial charge in [0.2, 0.25) is 5.89 Å². The third kappa shape index (κ3) is 5.41. The van der Waals surface area contributed by atoms with Crippen molar-refractivity contribution in [3.05, 3.63) is 29.0 Å². The van der Waals surface area contributed by atoms with Gasteiger partial charge in [-0.3, -0.25) is 4.90 Å². The fourth-order valence-electron chi connectivity index (χ4n) is 5.71. The van der Waals surface area contributed by atoms with Gasteiger partial charge in [0.25, 0.3) is 0 Å². The summed E-state index contributed by atoms with van der Waals surface area (Å²) in [5.74, 6) is 2.50. The molecular weight excluding hydrogens is 406 g/mol. The normalized spacial score (nSPS) is 24.0. The second-order valence-corrected chi connectivity index (χ2v) is 10.7. The summed E-state index contributed by atoms with van der Waals surface area (Å²) in [4.78, 5) is 11.4. The summed E-state index contributed by atoms with van der Waals surface area (Å²) in [5.41, 5.74) is 1.09. The van der Waals surface area contributed by atoms with E-state index in [1.165, 1.54) is 64.5 Å². The van der Waals surface area contributed by atoms with Crippen molar-refractivity contribution in [3.63, 3.8) is 0 Å². The highest BCUT2D eigenvalue weighted by molar-refractivity contribution is 7.13. The van der Waals surface area contributed by atoms with Crippen LogP contribution in [-0.2, 0) is 11.3 Å². The number of hydrogen-bond acceptors (Lipinski definition) is 6. The van der Waals surface area contributed by atoms with E-state index in [-0.39, 0.29) is 0 Å². The van der Waals surface area contributed by atoms with E-state index in [1.54, 1.807) is 11.3 Å². The first-order valence-corrected chi connectivity index (χ1v) is 13.2. The van der Waals surface area contributed by atoms with Gasteiger partial charge in [-0.2, -0.15) is 0 Å². The smallest absolute Gasteiger partial charge is 0.236 e. The molecule has 6 heteroatoms. The quantitative estimate of drug-likeness (QED) is 0.550. The Morgan fingerprint density at radius 1 is 1.10 bits per heavy atom. The zero-order valence-electron chi connectivity index (χ0n) is 18.9. The van der Waals surface area contributed by atoms with E-state index in [9.17, 15) is 0 Å². The van der Waals surface area contributed by atoms with E-state index in [0.717, 1.165) is 60.4 Å². The predicted octanol–water partition coefficient (Wildman–Crippen LogP) is 5.35. The predicted molar refractivity (Wildman–Crippen MR) is 125 cm³/mol. The summed E-state index contributed by atoms with van der Waals surface area (Å²) in [7, 11) is 0. The molecule has 2 aliphatic heterocycles. The molecule has 0 amide bonds. The van der Waals surface area contributed by atoms with Gasteiger partial charge < -0.3 is 14.1 Å². The second kappa shape index (κ2) is 10.2. The van der Waals surface area contributed by atoms with Crippen molar-refractivity contribution >= 4 is 11.3 Å². The van der Waals surface area contributed by atoms with Crippen molar-refractivity contribution < 1.29 is 9.15 Å². The number of ether oxygens (including phenoxy) is 1. The first-order valence-electron chi connectivity index (χ1n) is 12.3. The Morgan fingerprint density at radius 3 is 2.65 bits per heavy atom. The molecule has 170 valence electrons. The number of nitrogens with zero attached hydrogens (tertiary/aromatic N) is 3. The van der Waals surface area contributed by atoms with Crippen molar-refractivity contribution in [2.24, 2.45) is 5.92 Å². The molecule has 2 aromatic rings. The van der Waals surface area contributed by atoms with Crippen LogP contribution in [0.4, 0.5) is 0 Å². The number of piperidine rings is 1. The Hall–Kier alpha value is -1.21. The third-order valence-electron chi connectivity index (χ3n) is 7.49. The van der Waals surface area contributed by atoms with Crippen molar-refractivity contribution in [2.75, 3.05) is 32.8 Å². The van der Waals surface area contributed by atoms with Crippen LogP contribution in [-0.4, -0.2) is 59.7 Å². The molecule has 0 radical (unpaired) electrons. The van der Waals surface area contributed by atoms with Crippen LogP contribution in [0.15, 0.2) is 21.9 Å². The van der Waals surface area contributed by atoms with E-state index in [1.807, 2.05) is 0 Å². The highest BCUT2D eigenvalue weighted by Gasteiger charge is 2.29. The highest BCUT2D eigenvalue weighted by atomic mass is 32.1. The lowest BCUT2D eigenvalue weighted by Gasteiger charge is -2.38. The maximum atomic E-state index is 6.03. The lowest BCUT2D eigenvalue weighted by Crippen LogP contribution is -2.43. The maximum Gasteiger partial charge on any atom is 0.236 e. The number of oxazole rings is 1. The van der Waals surface area contributed by atoms with Crippen LogP contribution in [0.2, 0.25) is 0 Å². The zero-order valence-corrected chi connectivity index (χ0v) is 19.7. The molecule has 4 heterocycles. The van der Waals surface area contributed by atoms with E-state index >= 15 is 0 Å². The van der Waals surface area contributed by atoms with E-state index in [0.29, 0.717) is 6.10 Å². The fourth-order valence-corrected chi connectivity index (χ4v) is 6.36. The van der Waals surface area contributed by atoms with Gasteiger partial charge in [-0.05, 0) is 75.9 Å². The first kappa shape index (κ1) is 21.6. The molecule has 3 aliphatic rings. The molecule has 1 saturated carbocycles. The Labute approximate surface area is 190 Å². The van der Waals surface area contributed by atoms with Crippen molar-refractivity contribution in [2.45, 2.75) is 77.0 Å². The summed E-state index contributed by atoms with van der Waals surface area (Å²) >= 11 is 1.69. The number of aryl methyl sites for hydroxylation is 1. The molecule has 0 aromatic carbocycles. The van der Waals surface area contributed by atoms with Gasteiger partial charge in [0, 0.05) is 32.3 Å². The molecule has 2 aromatic heterocycles. The number of likely N-dealkylation sites (tertiary alicyclic amines) is 1. The highest BCUT2D eigenvalue weighted by Crippen LogP contribution is 2.30. The molecule has 0 spiro atoms. The lowest BCUT2D eigenvalue weighted by molar-refractivity contribution is 0.0534. The largest absolute Gasteiger partial charge is 0.440 e. The van der Waals surface area contributed by atoms with Gasteiger partial charge in [-0.1, -0.05) is 18.9 Å². The molecule has 5 rings (SSSR count). The van der Waals surface area contributed by atoms with Crippen LogP contribution < -0.4 is 0 Å². The lowest BCUT2D eigenvalue weighted by atomic mass is 9.94. The molecule has 1 unspecified atom stereocenters. The van der Waals surface area contributed by atoms with Crippen LogP contribution in [0.5, 0.6) is 0 Å². The molecular formula is C25H37N3O2S. The number of rotatable bonds is 8. The van der Waals surface area contributed by atoms with Gasteiger partial charge in [0.05, 0.1) is 16.7 Å². The van der Waals surface area contributed by atoms with E-state index < -0.39 is 0 Å². The molecule has 31 heavy (non-hydrogen) atoms. The van der Waals surface area contributed by atoms with Crippen molar-refractivity contribution in [1.82, 2.24) is 14.8 Å². The summed E-state index contributed by atoms with van der Waals surface area (Å²) < 4.78 is 12.0. The van der Waals surface area contributed by atoms with Gasteiger partial charge >= 0.3 is 0 Å². The maximum absolute atomic E-state index is 6.03. The van der Waals surface area contributed by atoms with Crippen LogP contribution >= 0.6 is 11.3 Å².